The van der Waals surface area contributed by atoms with Gasteiger partial charge < -0.3 is 14.4 Å². The van der Waals surface area contributed by atoms with Crippen molar-refractivity contribution >= 4 is 40.2 Å². The lowest BCUT2D eigenvalue weighted by molar-refractivity contribution is -0.130. The summed E-state index contributed by atoms with van der Waals surface area (Å²) < 4.78 is 1.58. The first-order valence-corrected chi connectivity index (χ1v) is 9.78. The first-order valence-electron chi connectivity index (χ1n) is 8.42. The fraction of sp³-hybridized carbons (Fsp3) is 0.444. The third-order valence-corrected chi connectivity index (χ3v) is 5.97. The van der Waals surface area contributed by atoms with Gasteiger partial charge in [0.2, 0.25) is 5.91 Å². The molecule has 2 heterocycles. The summed E-state index contributed by atoms with van der Waals surface area (Å²) in [4.78, 5) is 29.8. The third-order valence-electron chi connectivity index (χ3n) is 4.70. The maximum atomic E-state index is 12.5. The van der Waals surface area contributed by atoms with Crippen LogP contribution in [0.3, 0.4) is 0 Å². The number of rotatable bonds is 4. The van der Waals surface area contributed by atoms with Crippen LogP contribution in [0.15, 0.2) is 34.0 Å². The van der Waals surface area contributed by atoms with E-state index in [1.54, 1.807) is 23.7 Å². The molecule has 0 aliphatic carbocycles. The summed E-state index contributed by atoms with van der Waals surface area (Å²) in [5, 5.41) is 1.54. The lowest BCUT2D eigenvalue weighted by atomic mass is 10.2. The molecule has 0 N–H and O–H groups in total. The molecular weight excluding hydrogens is 358 g/mol. The van der Waals surface area contributed by atoms with E-state index in [1.807, 2.05) is 17.0 Å². The number of carbonyl (C=O) groups is 1. The monoisotopic (exact) mass is 379 g/mol. The quantitative estimate of drug-likeness (QED) is 0.765. The summed E-state index contributed by atoms with van der Waals surface area (Å²) in [6, 6.07) is 7.10. The first kappa shape index (κ1) is 18.3. The van der Waals surface area contributed by atoms with E-state index in [4.69, 9.17) is 11.6 Å². The van der Waals surface area contributed by atoms with Crippen molar-refractivity contribution in [3.05, 3.63) is 39.6 Å². The Bertz CT molecular complexity index is 844. The van der Waals surface area contributed by atoms with Crippen LogP contribution in [-0.2, 0) is 11.8 Å². The van der Waals surface area contributed by atoms with Crippen LogP contribution in [-0.4, -0.2) is 58.8 Å². The molecule has 1 aromatic carbocycles. The number of hydrogen-bond donors (Lipinski definition) is 0. The van der Waals surface area contributed by atoms with Gasteiger partial charge in [0, 0.05) is 54.6 Å². The molecule has 0 saturated carbocycles. The van der Waals surface area contributed by atoms with Crippen molar-refractivity contribution in [2.24, 2.45) is 7.05 Å². The van der Waals surface area contributed by atoms with Gasteiger partial charge in [0.05, 0.1) is 11.3 Å². The molecule has 1 aliphatic heterocycles. The highest BCUT2D eigenvalue weighted by atomic mass is 35.5. The number of benzene rings is 1. The van der Waals surface area contributed by atoms with Crippen molar-refractivity contribution in [2.75, 3.05) is 38.5 Å². The number of hydrogen-bond acceptors (Lipinski definition) is 4. The number of nitrogens with zero attached hydrogens (tertiary/aromatic N) is 3. The van der Waals surface area contributed by atoms with Crippen molar-refractivity contribution < 1.29 is 4.79 Å². The number of halogens is 1. The number of likely N-dealkylation sites (N-methyl/N-ethyl adjacent to an activating group) is 1. The molecule has 7 heteroatoms. The van der Waals surface area contributed by atoms with E-state index >= 15 is 0 Å². The van der Waals surface area contributed by atoms with Crippen LogP contribution in [0.25, 0.3) is 10.9 Å². The van der Waals surface area contributed by atoms with Gasteiger partial charge in [-0.15, -0.1) is 11.8 Å². The normalized spacial score (nSPS) is 15.7. The Balaban J connectivity index is 1.74. The fourth-order valence-electron chi connectivity index (χ4n) is 3.06. The molecule has 1 aromatic heterocycles. The minimum atomic E-state index is -0.0960. The van der Waals surface area contributed by atoms with Gasteiger partial charge in [-0.25, -0.2) is 0 Å². The minimum Gasteiger partial charge on any atom is -0.339 e. The summed E-state index contributed by atoms with van der Waals surface area (Å²) in [7, 11) is 1.73. The third kappa shape index (κ3) is 4.02. The van der Waals surface area contributed by atoms with Gasteiger partial charge in [0.25, 0.3) is 5.56 Å². The van der Waals surface area contributed by atoms with Crippen LogP contribution in [0.5, 0.6) is 0 Å². The Labute approximate surface area is 156 Å². The summed E-state index contributed by atoms with van der Waals surface area (Å²) >= 11 is 7.49. The molecule has 1 saturated heterocycles. The number of aryl methyl sites for hydroxylation is 1. The molecule has 1 aliphatic rings. The van der Waals surface area contributed by atoms with E-state index in [-0.39, 0.29) is 11.5 Å². The predicted molar refractivity (Wildman–Crippen MR) is 104 cm³/mol. The highest BCUT2D eigenvalue weighted by molar-refractivity contribution is 8.00. The number of piperazine rings is 1. The van der Waals surface area contributed by atoms with Gasteiger partial charge in [-0.3, -0.25) is 9.59 Å². The molecule has 1 fully saturated rings. The summed E-state index contributed by atoms with van der Waals surface area (Å²) in [6.07, 6.45) is 0. The molecule has 25 heavy (non-hydrogen) atoms. The lowest BCUT2D eigenvalue weighted by Crippen LogP contribution is -2.49. The molecule has 2 aromatic rings. The van der Waals surface area contributed by atoms with Gasteiger partial charge in [-0.05, 0) is 18.7 Å². The van der Waals surface area contributed by atoms with Crippen molar-refractivity contribution in [1.82, 2.24) is 14.4 Å². The van der Waals surface area contributed by atoms with E-state index < -0.39 is 0 Å². The predicted octanol–water partition coefficient (Wildman–Crippen LogP) is 2.45. The Morgan fingerprint density at radius 3 is 2.60 bits per heavy atom. The molecule has 0 atom stereocenters. The largest absolute Gasteiger partial charge is 0.339 e. The van der Waals surface area contributed by atoms with Gasteiger partial charge in [0.1, 0.15) is 0 Å². The highest BCUT2D eigenvalue weighted by Crippen LogP contribution is 2.28. The first-order chi connectivity index (χ1) is 12.0. The number of fused-ring (bicyclic) bond motifs is 1. The van der Waals surface area contributed by atoms with Crippen LogP contribution in [0, 0.1) is 0 Å². The zero-order valence-corrected chi connectivity index (χ0v) is 16.1. The summed E-state index contributed by atoms with van der Waals surface area (Å²) in [6.45, 7) is 6.58. The second-order valence-electron chi connectivity index (χ2n) is 6.17. The maximum Gasteiger partial charge on any atom is 0.251 e. The van der Waals surface area contributed by atoms with E-state index in [2.05, 4.69) is 11.8 Å². The van der Waals surface area contributed by atoms with Gasteiger partial charge in [-0.2, -0.15) is 0 Å². The smallest absolute Gasteiger partial charge is 0.251 e. The minimum absolute atomic E-state index is 0.0960. The van der Waals surface area contributed by atoms with Gasteiger partial charge >= 0.3 is 0 Å². The van der Waals surface area contributed by atoms with Crippen LogP contribution in [0.1, 0.15) is 6.92 Å². The molecular formula is C18H22ClN3O2S. The second kappa shape index (κ2) is 7.81. The molecule has 0 unspecified atom stereocenters. The molecule has 5 nitrogen and oxygen atoms in total. The van der Waals surface area contributed by atoms with E-state index in [0.29, 0.717) is 10.8 Å². The average Bonchev–Trinajstić information content (AvgIpc) is 2.63. The lowest BCUT2D eigenvalue weighted by Gasteiger charge is -2.34. The second-order valence-corrected chi connectivity index (χ2v) is 7.62. The zero-order valence-electron chi connectivity index (χ0n) is 14.5. The highest BCUT2D eigenvalue weighted by Gasteiger charge is 2.20. The molecule has 134 valence electrons. The topological polar surface area (TPSA) is 45.6 Å². The van der Waals surface area contributed by atoms with E-state index in [1.165, 1.54) is 11.8 Å². The fourth-order valence-corrected chi connectivity index (χ4v) is 4.20. The van der Waals surface area contributed by atoms with Crippen LogP contribution < -0.4 is 5.56 Å². The number of carbonyl (C=O) groups excluding carboxylic acids is 1. The van der Waals surface area contributed by atoms with Crippen LogP contribution in [0.4, 0.5) is 0 Å². The Hall–Kier alpha value is -1.50. The molecule has 3 rings (SSSR count). The molecule has 0 spiro atoms. The maximum absolute atomic E-state index is 12.5. The SMILES string of the molecule is CCN1CCN(C(=O)CSc2cc(=O)n(C)c3cc(Cl)ccc23)CC1. The molecule has 1 amide bonds. The van der Waals surface area contributed by atoms with Gasteiger partial charge in [-0.1, -0.05) is 24.6 Å². The van der Waals surface area contributed by atoms with Crippen LogP contribution in [0.2, 0.25) is 5.02 Å². The number of aromatic nitrogens is 1. The van der Waals surface area contributed by atoms with Crippen molar-refractivity contribution in [3.8, 4) is 0 Å². The number of amides is 1. The summed E-state index contributed by atoms with van der Waals surface area (Å²) in [5.41, 5.74) is 0.688. The number of pyridine rings is 1. The molecule has 0 bridgehead atoms. The van der Waals surface area contributed by atoms with Crippen molar-refractivity contribution in [2.45, 2.75) is 11.8 Å². The van der Waals surface area contributed by atoms with E-state index in [0.717, 1.165) is 48.5 Å². The molecule has 0 radical (unpaired) electrons. The zero-order chi connectivity index (χ0) is 18.0. The standard InChI is InChI=1S/C18H22ClN3O2S/c1-3-21-6-8-22(9-7-21)18(24)12-25-16-11-17(23)20(2)15-10-13(19)4-5-14(15)16/h4-5,10-11H,3,6-9,12H2,1-2H3. The van der Waals surface area contributed by atoms with Crippen molar-refractivity contribution in [3.63, 3.8) is 0 Å². The summed E-state index contributed by atoms with van der Waals surface area (Å²) in [5.74, 6) is 0.473. The van der Waals surface area contributed by atoms with Crippen LogP contribution >= 0.6 is 23.4 Å². The Morgan fingerprint density at radius 2 is 1.92 bits per heavy atom. The Morgan fingerprint density at radius 1 is 1.20 bits per heavy atom. The number of thioether (sulfide) groups is 1. The Kier molecular flexibility index (Phi) is 5.71. The average molecular weight is 380 g/mol. The van der Waals surface area contributed by atoms with Gasteiger partial charge in [0.15, 0.2) is 0 Å². The van der Waals surface area contributed by atoms with E-state index in [9.17, 15) is 9.59 Å². The van der Waals surface area contributed by atoms with Crippen molar-refractivity contribution in [1.29, 1.82) is 0 Å².